The van der Waals surface area contributed by atoms with Gasteiger partial charge in [0.15, 0.2) is 0 Å². The Balaban J connectivity index is 1.60. The molecular weight excluding hydrogens is 600 g/mol. The summed E-state index contributed by atoms with van der Waals surface area (Å²) in [4.78, 5) is 5.68. The van der Waals surface area contributed by atoms with E-state index in [0.717, 1.165) is 15.6 Å². The average molecular weight is 620 g/mol. The van der Waals surface area contributed by atoms with E-state index < -0.39 is 27.9 Å². The molecule has 0 aromatic heterocycles. The van der Waals surface area contributed by atoms with Crippen molar-refractivity contribution in [3.8, 4) is 0 Å². The second-order valence-corrected chi connectivity index (χ2v) is 12.6. The highest BCUT2D eigenvalue weighted by molar-refractivity contribution is 9.10. The third-order valence-corrected chi connectivity index (χ3v) is 8.59. The largest absolute Gasteiger partial charge is 0.435 e. The third-order valence-electron chi connectivity index (χ3n) is 5.91. The molecule has 0 amide bonds. The Morgan fingerprint density at radius 3 is 2.42 bits per heavy atom. The molecule has 0 spiro atoms. The van der Waals surface area contributed by atoms with Crippen molar-refractivity contribution >= 4 is 54.6 Å². The van der Waals surface area contributed by atoms with Crippen LogP contribution in [0.1, 0.15) is 28.7 Å². The highest BCUT2D eigenvalue weighted by Gasteiger charge is 2.62. The second kappa shape index (κ2) is 10.0. The monoisotopic (exact) mass is 618 g/mol. The minimum atomic E-state index is -4.77. The fraction of sp³-hybridized carbons (Fsp3) is 0.240. The van der Waals surface area contributed by atoms with Crippen molar-refractivity contribution in [1.29, 1.82) is 0 Å². The average Bonchev–Trinajstić information content (AvgIpc) is 3.25. The van der Waals surface area contributed by atoms with Gasteiger partial charge in [0, 0.05) is 37.7 Å². The van der Waals surface area contributed by atoms with E-state index in [-0.39, 0.29) is 27.9 Å². The minimum absolute atomic E-state index is 0.0671. The molecule has 1 aliphatic rings. The molecule has 4 rings (SSSR count). The van der Waals surface area contributed by atoms with Gasteiger partial charge in [-0.3, -0.25) is 0 Å². The molecule has 11 heteroatoms. The summed E-state index contributed by atoms with van der Waals surface area (Å²) in [7, 11) is -2.64. The first-order chi connectivity index (χ1) is 16.8. The zero-order valence-electron chi connectivity index (χ0n) is 19.1. The van der Waals surface area contributed by atoms with Crippen LogP contribution in [0, 0.1) is 6.92 Å². The Morgan fingerprint density at radius 1 is 1.11 bits per heavy atom. The molecular formula is C25H20BrCl2F3N2O2S. The minimum Gasteiger partial charge on any atom is -0.374 e. The van der Waals surface area contributed by atoms with Crippen LogP contribution >= 0.6 is 39.1 Å². The lowest BCUT2D eigenvalue weighted by atomic mass is 9.86. The number of hydrogen-bond donors (Lipinski definition) is 0. The van der Waals surface area contributed by atoms with Crippen molar-refractivity contribution in [2.45, 2.75) is 36.6 Å². The van der Waals surface area contributed by atoms with E-state index in [1.807, 2.05) is 13.0 Å². The maximum atomic E-state index is 14.2. The fourth-order valence-corrected chi connectivity index (χ4v) is 6.16. The molecule has 0 saturated carbocycles. The summed E-state index contributed by atoms with van der Waals surface area (Å²) in [5, 5.41) is 3.94. The summed E-state index contributed by atoms with van der Waals surface area (Å²) in [6.45, 7) is 2.00. The number of oxime groups is 1. The predicted molar refractivity (Wildman–Crippen MR) is 140 cm³/mol. The van der Waals surface area contributed by atoms with Gasteiger partial charge < -0.3 is 4.84 Å². The number of halogens is 6. The van der Waals surface area contributed by atoms with Gasteiger partial charge in [-0.15, -0.1) is 0 Å². The molecule has 2 unspecified atom stereocenters. The number of alkyl halides is 3. The van der Waals surface area contributed by atoms with Crippen molar-refractivity contribution in [3.05, 3.63) is 97.4 Å². The molecule has 1 aliphatic heterocycles. The van der Waals surface area contributed by atoms with E-state index in [4.69, 9.17) is 28.0 Å². The van der Waals surface area contributed by atoms with Crippen molar-refractivity contribution in [2.24, 2.45) is 9.52 Å². The quantitative estimate of drug-likeness (QED) is 0.288. The van der Waals surface area contributed by atoms with Crippen LogP contribution in [-0.4, -0.2) is 22.4 Å². The number of rotatable bonds is 5. The van der Waals surface area contributed by atoms with Gasteiger partial charge in [-0.2, -0.15) is 13.2 Å². The molecule has 0 fully saturated rings. The SMILES string of the molecule is Cc1cc(C2=NOC(c3cc(Cl)cc(Cl)c3)(C(F)(F)F)C2)ccc1CN=S(C)(=O)c1cccc(Br)c1. The lowest BCUT2D eigenvalue weighted by Gasteiger charge is -2.29. The summed E-state index contributed by atoms with van der Waals surface area (Å²) >= 11 is 15.3. The van der Waals surface area contributed by atoms with E-state index in [2.05, 4.69) is 25.4 Å². The first kappa shape index (κ1) is 27.0. The molecule has 1 heterocycles. The number of nitrogens with zero attached hydrogens (tertiary/aromatic N) is 2. The van der Waals surface area contributed by atoms with E-state index in [9.17, 15) is 17.4 Å². The van der Waals surface area contributed by atoms with Gasteiger partial charge in [0.05, 0.1) is 22.0 Å². The summed E-state index contributed by atoms with van der Waals surface area (Å²) in [6, 6.07) is 16.0. The molecule has 36 heavy (non-hydrogen) atoms. The van der Waals surface area contributed by atoms with E-state index in [1.165, 1.54) is 18.2 Å². The van der Waals surface area contributed by atoms with Gasteiger partial charge >= 0.3 is 6.18 Å². The first-order valence-electron chi connectivity index (χ1n) is 10.6. The van der Waals surface area contributed by atoms with Gasteiger partial charge in [0.1, 0.15) is 0 Å². The van der Waals surface area contributed by atoms with E-state index in [1.54, 1.807) is 42.7 Å². The highest BCUT2D eigenvalue weighted by Crippen LogP contribution is 2.49. The lowest BCUT2D eigenvalue weighted by molar-refractivity contribution is -0.275. The number of hydrogen-bond acceptors (Lipinski definition) is 4. The molecule has 0 bridgehead atoms. The van der Waals surface area contributed by atoms with Crippen molar-refractivity contribution in [2.75, 3.05) is 6.26 Å². The van der Waals surface area contributed by atoms with Crippen molar-refractivity contribution in [1.82, 2.24) is 0 Å². The molecule has 3 aromatic carbocycles. The molecule has 0 saturated heterocycles. The molecule has 0 radical (unpaired) electrons. The van der Waals surface area contributed by atoms with Gasteiger partial charge in [0.2, 0.25) is 0 Å². The van der Waals surface area contributed by atoms with Crippen LogP contribution in [0.3, 0.4) is 0 Å². The van der Waals surface area contributed by atoms with Crippen LogP contribution in [0.5, 0.6) is 0 Å². The second-order valence-electron chi connectivity index (χ2n) is 8.48. The first-order valence-corrected chi connectivity index (χ1v) is 14.1. The zero-order chi connectivity index (χ0) is 26.3. The predicted octanol–water partition coefficient (Wildman–Crippen LogP) is 8.30. The van der Waals surface area contributed by atoms with Crippen LogP contribution in [0.2, 0.25) is 10.0 Å². The number of aryl methyl sites for hydroxylation is 1. The Hall–Kier alpha value is -2.07. The summed E-state index contributed by atoms with van der Waals surface area (Å²) in [6.07, 6.45) is -3.74. The van der Waals surface area contributed by atoms with E-state index in [0.29, 0.717) is 10.5 Å². The molecule has 0 aliphatic carbocycles. The standard InChI is InChI=1S/C25H20BrCl2F3N2O2S/c1-15-8-16(6-7-17(15)14-32-36(2,34)22-5-3-4-19(26)11-22)23-13-24(35-33-23,25(29,30)31)18-9-20(27)12-21(28)10-18/h3-12H,13-14H2,1-2H3. The van der Waals surface area contributed by atoms with Gasteiger partial charge in [-0.05, 0) is 66.1 Å². The maximum Gasteiger partial charge on any atom is 0.435 e. The van der Waals surface area contributed by atoms with Gasteiger partial charge in [0.25, 0.3) is 5.60 Å². The molecule has 2 atom stereocenters. The Kier molecular flexibility index (Phi) is 7.50. The molecule has 3 aromatic rings. The van der Waals surface area contributed by atoms with Crippen LogP contribution in [0.4, 0.5) is 13.2 Å². The van der Waals surface area contributed by atoms with Crippen molar-refractivity contribution in [3.63, 3.8) is 0 Å². The fourth-order valence-electron chi connectivity index (χ4n) is 3.87. The van der Waals surface area contributed by atoms with Crippen LogP contribution in [0.15, 0.2) is 79.6 Å². The van der Waals surface area contributed by atoms with Crippen LogP contribution in [-0.2, 0) is 26.7 Å². The smallest absolute Gasteiger partial charge is 0.374 e. The van der Waals surface area contributed by atoms with Crippen LogP contribution < -0.4 is 0 Å². The topological polar surface area (TPSA) is 51.0 Å². The lowest BCUT2D eigenvalue weighted by Crippen LogP contribution is -2.42. The Labute approximate surface area is 225 Å². The Morgan fingerprint density at radius 2 is 1.81 bits per heavy atom. The normalized spacial score (nSPS) is 19.4. The van der Waals surface area contributed by atoms with Gasteiger partial charge in [-0.1, -0.05) is 62.5 Å². The molecule has 4 nitrogen and oxygen atoms in total. The van der Waals surface area contributed by atoms with Crippen molar-refractivity contribution < 1.29 is 22.2 Å². The number of benzene rings is 3. The summed E-state index contributed by atoms with van der Waals surface area (Å²) in [5.74, 6) is 0. The maximum absolute atomic E-state index is 14.2. The summed E-state index contributed by atoms with van der Waals surface area (Å²) in [5.41, 5.74) is -0.715. The van der Waals surface area contributed by atoms with Crippen LogP contribution in [0.25, 0.3) is 0 Å². The zero-order valence-corrected chi connectivity index (χ0v) is 23.0. The summed E-state index contributed by atoms with van der Waals surface area (Å²) < 4.78 is 61.1. The third kappa shape index (κ3) is 5.44. The van der Waals surface area contributed by atoms with Gasteiger partial charge in [-0.25, -0.2) is 8.57 Å². The highest BCUT2D eigenvalue weighted by atomic mass is 79.9. The molecule has 0 N–H and O–H groups in total. The Bertz CT molecular complexity index is 1470. The van der Waals surface area contributed by atoms with E-state index >= 15 is 0 Å². The molecule has 190 valence electrons.